The molecule has 0 bridgehead atoms. The Labute approximate surface area is 176 Å². The SMILES string of the molecule is Cc1ccccc1CNC(=O)C[NH+]1CCN(C(=O)[C@H]2COc3ccccc3O2)CC1. The van der Waals surface area contributed by atoms with Gasteiger partial charge in [-0.2, -0.15) is 0 Å². The second-order valence-corrected chi connectivity index (χ2v) is 7.82. The van der Waals surface area contributed by atoms with Crippen LogP contribution in [0.4, 0.5) is 0 Å². The molecule has 158 valence electrons. The monoisotopic (exact) mass is 410 g/mol. The fraction of sp³-hybridized carbons (Fsp3) is 0.391. The van der Waals surface area contributed by atoms with Crippen LogP contribution in [-0.2, 0) is 16.1 Å². The van der Waals surface area contributed by atoms with Crippen LogP contribution in [0.2, 0.25) is 0 Å². The molecule has 2 N–H and O–H groups in total. The molecule has 2 aromatic carbocycles. The van der Waals surface area contributed by atoms with Crippen molar-refractivity contribution in [1.82, 2.24) is 10.2 Å². The highest BCUT2D eigenvalue weighted by Crippen LogP contribution is 2.31. The van der Waals surface area contributed by atoms with E-state index in [1.165, 1.54) is 10.5 Å². The smallest absolute Gasteiger partial charge is 0.275 e. The molecular formula is C23H28N3O4+. The summed E-state index contributed by atoms with van der Waals surface area (Å²) < 4.78 is 11.5. The molecular weight excluding hydrogens is 382 g/mol. The Bertz CT molecular complexity index is 909. The predicted molar refractivity (Wildman–Crippen MR) is 112 cm³/mol. The van der Waals surface area contributed by atoms with Crippen LogP contribution in [0, 0.1) is 6.92 Å². The third kappa shape index (κ3) is 4.74. The molecule has 4 rings (SSSR count). The zero-order chi connectivity index (χ0) is 20.9. The summed E-state index contributed by atoms with van der Waals surface area (Å²) >= 11 is 0. The van der Waals surface area contributed by atoms with E-state index in [9.17, 15) is 9.59 Å². The fourth-order valence-corrected chi connectivity index (χ4v) is 3.86. The van der Waals surface area contributed by atoms with Gasteiger partial charge in [-0.1, -0.05) is 36.4 Å². The van der Waals surface area contributed by atoms with Crippen molar-refractivity contribution in [2.45, 2.75) is 19.6 Å². The zero-order valence-corrected chi connectivity index (χ0v) is 17.2. The Morgan fingerprint density at radius 3 is 2.53 bits per heavy atom. The number of para-hydroxylation sites is 2. The lowest BCUT2D eigenvalue weighted by atomic mass is 10.1. The molecule has 0 aliphatic carbocycles. The van der Waals surface area contributed by atoms with Gasteiger partial charge in [0.1, 0.15) is 6.61 Å². The van der Waals surface area contributed by atoms with Gasteiger partial charge in [-0.15, -0.1) is 0 Å². The number of nitrogens with zero attached hydrogens (tertiary/aromatic N) is 1. The third-order valence-corrected chi connectivity index (χ3v) is 5.71. The van der Waals surface area contributed by atoms with Gasteiger partial charge in [0.15, 0.2) is 18.0 Å². The van der Waals surface area contributed by atoms with E-state index in [4.69, 9.17) is 9.47 Å². The van der Waals surface area contributed by atoms with Crippen LogP contribution in [0.15, 0.2) is 48.5 Å². The van der Waals surface area contributed by atoms with E-state index < -0.39 is 6.10 Å². The maximum Gasteiger partial charge on any atom is 0.275 e. The van der Waals surface area contributed by atoms with Crippen LogP contribution in [-0.4, -0.2) is 62.1 Å². The average Bonchev–Trinajstić information content (AvgIpc) is 2.78. The van der Waals surface area contributed by atoms with Crippen LogP contribution in [0.5, 0.6) is 11.5 Å². The number of ether oxygens (including phenoxy) is 2. The molecule has 0 radical (unpaired) electrons. The summed E-state index contributed by atoms with van der Waals surface area (Å²) in [4.78, 5) is 28.1. The molecule has 0 unspecified atom stereocenters. The number of hydrogen-bond donors (Lipinski definition) is 2. The highest BCUT2D eigenvalue weighted by atomic mass is 16.6. The van der Waals surface area contributed by atoms with Crippen molar-refractivity contribution in [2.75, 3.05) is 39.3 Å². The van der Waals surface area contributed by atoms with E-state index in [1.807, 2.05) is 60.4 Å². The summed E-state index contributed by atoms with van der Waals surface area (Å²) in [5.41, 5.74) is 2.31. The molecule has 0 saturated carbocycles. The average molecular weight is 410 g/mol. The minimum atomic E-state index is -0.612. The number of carbonyl (C=O) groups is 2. The number of amides is 2. The first-order valence-electron chi connectivity index (χ1n) is 10.4. The molecule has 30 heavy (non-hydrogen) atoms. The predicted octanol–water partition coefficient (Wildman–Crippen LogP) is 0.178. The number of quaternary nitrogens is 1. The molecule has 2 aliphatic heterocycles. The molecule has 1 atom stereocenters. The number of nitrogens with one attached hydrogen (secondary N) is 2. The fourth-order valence-electron chi connectivity index (χ4n) is 3.86. The van der Waals surface area contributed by atoms with E-state index in [0.29, 0.717) is 37.7 Å². The standard InChI is InChI=1S/C23H27N3O4/c1-17-6-2-3-7-18(17)14-24-22(27)15-25-10-12-26(13-11-25)23(28)21-16-29-19-8-4-5-9-20(19)30-21/h2-9,21H,10-16H2,1H3,(H,24,27)/p+1/t21-/m1/s1. The van der Waals surface area contributed by atoms with Crippen LogP contribution in [0.25, 0.3) is 0 Å². The zero-order valence-electron chi connectivity index (χ0n) is 17.2. The molecule has 2 amide bonds. The normalized spacial score (nSPS) is 18.7. The maximum absolute atomic E-state index is 12.8. The molecule has 7 heteroatoms. The Kier molecular flexibility index (Phi) is 6.18. The summed E-state index contributed by atoms with van der Waals surface area (Å²) in [6.07, 6.45) is -0.612. The first kappa shape index (κ1) is 20.2. The van der Waals surface area contributed by atoms with Gasteiger partial charge in [0.25, 0.3) is 11.8 Å². The van der Waals surface area contributed by atoms with E-state index in [2.05, 4.69) is 5.32 Å². The molecule has 0 aromatic heterocycles. The topological polar surface area (TPSA) is 72.3 Å². The van der Waals surface area contributed by atoms with Crippen molar-refractivity contribution in [2.24, 2.45) is 0 Å². The van der Waals surface area contributed by atoms with E-state index >= 15 is 0 Å². The van der Waals surface area contributed by atoms with Crippen molar-refractivity contribution in [3.63, 3.8) is 0 Å². The number of rotatable bonds is 5. The first-order valence-corrected chi connectivity index (χ1v) is 10.4. The Morgan fingerprint density at radius 1 is 1.07 bits per heavy atom. The van der Waals surface area contributed by atoms with Gasteiger partial charge < -0.3 is 24.6 Å². The minimum absolute atomic E-state index is 0.0358. The molecule has 2 heterocycles. The maximum atomic E-state index is 12.8. The van der Waals surface area contributed by atoms with Crippen molar-refractivity contribution < 1.29 is 24.0 Å². The molecule has 2 aliphatic rings. The number of piperazine rings is 1. The number of aryl methyl sites for hydroxylation is 1. The van der Waals surface area contributed by atoms with Crippen molar-refractivity contribution in [3.8, 4) is 11.5 Å². The summed E-state index contributed by atoms with van der Waals surface area (Å²) in [6, 6.07) is 15.4. The summed E-state index contributed by atoms with van der Waals surface area (Å²) in [5, 5.41) is 3.01. The van der Waals surface area contributed by atoms with Gasteiger partial charge in [-0.3, -0.25) is 9.59 Å². The number of hydrogen-bond acceptors (Lipinski definition) is 4. The molecule has 0 spiro atoms. The Hall–Kier alpha value is -3.06. The highest BCUT2D eigenvalue weighted by Gasteiger charge is 2.34. The second kappa shape index (κ2) is 9.17. The Morgan fingerprint density at radius 2 is 1.77 bits per heavy atom. The highest BCUT2D eigenvalue weighted by molar-refractivity contribution is 5.82. The van der Waals surface area contributed by atoms with Gasteiger partial charge >= 0.3 is 0 Å². The van der Waals surface area contributed by atoms with E-state index in [0.717, 1.165) is 18.7 Å². The van der Waals surface area contributed by atoms with Crippen LogP contribution < -0.4 is 19.7 Å². The van der Waals surface area contributed by atoms with E-state index in [-0.39, 0.29) is 18.4 Å². The van der Waals surface area contributed by atoms with Gasteiger partial charge in [0.05, 0.1) is 26.2 Å². The quantitative estimate of drug-likeness (QED) is 0.738. The lowest BCUT2D eigenvalue weighted by molar-refractivity contribution is -0.896. The van der Waals surface area contributed by atoms with Crippen LogP contribution in [0.3, 0.4) is 0 Å². The number of benzene rings is 2. The Balaban J connectivity index is 1.21. The number of fused-ring (bicyclic) bond motifs is 1. The molecule has 7 nitrogen and oxygen atoms in total. The first-order chi connectivity index (χ1) is 14.6. The van der Waals surface area contributed by atoms with Crippen molar-refractivity contribution >= 4 is 11.8 Å². The lowest BCUT2D eigenvalue weighted by Gasteiger charge is -2.35. The van der Waals surface area contributed by atoms with Crippen molar-refractivity contribution in [1.29, 1.82) is 0 Å². The largest absolute Gasteiger partial charge is 0.485 e. The molecule has 1 saturated heterocycles. The second-order valence-electron chi connectivity index (χ2n) is 7.82. The van der Waals surface area contributed by atoms with Gasteiger partial charge in [0, 0.05) is 6.54 Å². The van der Waals surface area contributed by atoms with E-state index in [1.54, 1.807) is 0 Å². The van der Waals surface area contributed by atoms with Gasteiger partial charge in [-0.25, -0.2) is 0 Å². The summed E-state index contributed by atoms with van der Waals surface area (Å²) in [5.74, 6) is 1.27. The summed E-state index contributed by atoms with van der Waals surface area (Å²) in [7, 11) is 0. The summed E-state index contributed by atoms with van der Waals surface area (Å²) in [6.45, 7) is 5.95. The lowest BCUT2D eigenvalue weighted by Crippen LogP contribution is -3.15. The van der Waals surface area contributed by atoms with Crippen molar-refractivity contribution in [3.05, 3.63) is 59.7 Å². The molecule has 1 fully saturated rings. The molecule has 2 aromatic rings. The van der Waals surface area contributed by atoms with Crippen LogP contribution >= 0.6 is 0 Å². The van der Waals surface area contributed by atoms with Crippen LogP contribution in [0.1, 0.15) is 11.1 Å². The van der Waals surface area contributed by atoms with Gasteiger partial charge in [0.2, 0.25) is 6.10 Å². The van der Waals surface area contributed by atoms with Gasteiger partial charge in [-0.05, 0) is 30.2 Å². The third-order valence-electron chi connectivity index (χ3n) is 5.71. The minimum Gasteiger partial charge on any atom is -0.485 e. The number of carbonyl (C=O) groups excluding carboxylic acids is 2.